The molecule has 24 heavy (non-hydrogen) atoms. The molecule has 5 aromatic rings. The quantitative estimate of drug-likeness (QED) is 0.276. The summed E-state index contributed by atoms with van der Waals surface area (Å²) in [7, 11) is 0. The van der Waals surface area contributed by atoms with Crippen molar-refractivity contribution in [3.05, 3.63) is 81.4 Å². The van der Waals surface area contributed by atoms with Gasteiger partial charge in [-0.15, -0.1) is 11.3 Å². The Labute approximate surface area is 150 Å². The molecule has 3 heteroatoms. The van der Waals surface area contributed by atoms with Gasteiger partial charge in [-0.05, 0) is 64.0 Å². The molecular formula is C21H11BrOS. The summed E-state index contributed by atoms with van der Waals surface area (Å²) in [6.07, 6.45) is 0. The van der Waals surface area contributed by atoms with Gasteiger partial charge in [-0.25, -0.2) is 0 Å². The van der Waals surface area contributed by atoms with E-state index in [1.165, 1.54) is 16.2 Å². The van der Waals surface area contributed by atoms with Crippen LogP contribution in [0.5, 0.6) is 0 Å². The minimum atomic E-state index is 0.107. The molecule has 4 aromatic carbocycles. The second kappa shape index (κ2) is 5.13. The lowest BCUT2D eigenvalue weighted by Gasteiger charge is -2.06. The van der Waals surface area contributed by atoms with E-state index in [1.807, 2.05) is 30.3 Å². The van der Waals surface area contributed by atoms with Gasteiger partial charge in [0.2, 0.25) is 0 Å². The van der Waals surface area contributed by atoms with Crippen LogP contribution in [0.3, 0.4) is 0 Å². The maximum absolute atomic E-state index is 12.9. The molecule has 0 saturated heterocycles. The summed E-state index contributed by atoms with van der Waals surface area (Å²) in [5.41, 5.74) is 0.107. The highest BCUT2D eigenvalue weighted by Crippen LogP contribution is 2.31. The average Bonchev–Trinajstić information content (AvgIpc) is 2.59. The Hall–Kier alpha value is -2.23. The van der Waals surface area contributed by atoms with E-state index in [0.29, 0.717) is 0 Å². The van der Waals surface area contributed by atoms with Gasteiger partial charge in [0, 0.05) is 24.6 Å². The highest BCUT2D eigenvalue weighted by Gasteiger charge is 2.08. The van der Waals surface area contributed by atoms with Gasteiger partial charge in [-0.2, -0.15) is 0 Å². The Morgan fingerprint density at radius 3 is 2.08 bits per heavy atom. The Balaban J connectivity index is 1.97. The molecule has 0 spiro atoms. The maximum atomic E-state index is 12.9. The number of hydrogen-bond donors (Lipinski definition) is 0. The predicted molar refractivity (Wildman–Crippen MR) is 108 cm³/mol. The third-order valence-corrected chi connectivity index (χ3v) is 6.08. The van der Waals surface area contributed by atoms with Crippen molar-refractivity contribution < 1.29 is 0 Å². The van der Waals surface area contributed by atoms with Gasteiger partial charge in [-0.1, -0.05) is 40.2 Å². The SMILES string of the molecule is O=c1c2cc(Br)ccc2sc2cc3cc4ccccc4cc3cc12. The van der Waals surface area contributed by atoms with Crippen LogP contribution in [0.1, 0.15) is 0 Å². The molecule has 5 rings (SSSR count). The summed E-state index contributed by atoms with van der Waals surface area (Å²) in [6.45, 7) is 0. The maximum Gasteiger partial charge on any atom is 0.195 e. The first kappa shape index (κ1) is 14.1. The van der Waals surface area contributed by atoms with Crippen molar-refractivity contribution in [2.45, 2.75) is 0 Å². The van der Waals surface area contributed by atoms with Gasteiger partial charge in [0.15, 0.2) is 5.43 Å². The Kier molecular flexibility index (Phi) is 3.02. The molecule has 1 heterocycles. The summed E-state index contributed by atoms with van der Waals surface area (Å²) in [5.74, 6) is 0. The van der Waals surface area contributed by atoms with Gasteiger partial charge in [0.1, 0.15) is 0 Å². The van der Waals surface area contributed by atoms with Crippen molar-refractivity contribution in [2.75, 3.05) is 0 Å². The molecule has 1 nitrogen and oxygen atoms in total. The van der Waals surface area contributed by atoms with Crippen molar-refractivity contribution in [1.82, 2.24) is 0 Å². The minimum Gasteiger partial charge on any atom is -0.289 e. The van der Waals surface area contributed by atoms with Gasteiger partial charge >= 0.3 is 0 Å². The molecule has 0 unspecified atom stereocenters. The molecule has 0 aliphatic heterocycles. The van der Waals surface area contributed by atoms with Crippen LogP contribution in [0.4, 0.5) is 0 Å². The van der Waals surface area contributed by atoms with E-state index in [4.69, 9.17) is 0 Å². The predicted octanol–water partition coefficient (Wildman–Crippen LogP) is 6.48. The molecule has 1 aromatic heterocycles. The van der Waals surface area contributed by atoms with Crippen molar-refractivity contribution in [2.24, 2.45) is 0 Å². The van der Waals surface area contributed by atoms with Crippen LogP contribution in [-0.2, 0) is 0 Å². The summed E-state index contributed by atoms with van der Waals surface area (Å²) in [5, 5.41) is 6.29. The van der Waals surface area contributed by atoms with E-state index < -0.39 is 0 Å². The van der Waals surface area contributed by atoms with Crippen molar-refractivity contribution in [3.63, 3.8) is 0 Å². The van der Waals surface area contributed by atoms with Crippen molar-refractivity contribution in [3.8, 4) is 0 Å². The Morgan fingerprint density at radius 2 is 1.33 bits per heavy atom. The molecule has 114 valence electrons. The average molecular weight is 391 g/mol. The zero-order chi connectivity index (χ0) is 16.3. The molecule has 0 N–H and O–H groups in total. The van der Waals surface area contributed by atoms with Crippen molar-refractivity contribution in [1.29, 1.82) is 0 Å². The summed E-state index contributed by atoms with van der Waals surface area (Å²) in [4.78, 5) is 12.9. The molecule has 0 fully saturated rings. The van der Waals surface area contributed by atoms with Crippen LogP contribution in [0.2, 0.25) is 0 Å². The molecule has 0 saturated carbocycles. The van der Waals surface area contributed by atoms with E-state index in [2.05, 4.69) is 52.3 Å². The summed E-state index contributed by atoms with van der Waals surface area (Å²) < 4.78 is 3.00. The zero-order valence-corrected chi connectivity index (χ0v) is 14.9. The van der Waals surface area contributed by atoms with E-state index in [0.717, 1.165) is 30.0 Å². The second-order valence-corrected chi connectivity index (χ2v) is 7.97. The summed E-state index contributed by atoms with van der Waals surface area (Å²) >= 11 is 5.14. The largest absolute Gasteiger partial charge is 0.289 e. The Bertz CT molecular complexity index is 1330. The number of halogens is 1. The number of rotatable bonds is 0. The highest BCUT2D eigenvalue weighted by molar-refractivity contribution is 9.10. The van der Waals surface area contributed by atoms with Crippen molar-refractivity contribution >= 4 is 69.0 Å². The topological polar surface area (TPSA) is 17.1 Å². The Morgan fingerprint density at radius 1 is 0.667 bits per heavy atom. The van der Waals surface area contributed by atoms with E-state index in [9.17, 15) is 4.79 Å². The molecule has 0 aliphatic rings. The third kappa shape index (κ3) is 2.09. The molecule has 0 atom stereocenters. The number of fused-ring (bicyclic) bond motifs is 4. The molecule has 0 bridgehead atoms. The minimum absolute atomic E-state index is 0.107. The first-order chi connectivity index (χ1) is 11.7. The van der Waals surface area contributed by atoms with Crippen LogP contribution in [-0.4, -0.2) is 0 Å². The standard InChI is InChI=1S/C21H11BrOS/c22-16-5-6-19-18(11-16)21(23)17-9-14-7-12-3-1-2-4-13(12)8-15(14)10-20(17)24-19/h1-11H. The fraction of sp³-hybridized carbons (Fsp3) is 0. The molecule has 0 aliphatic carbocycles. The number of benzene rings is 4. The summed E-state index contributed by atoms with van der Waals surface area (Å²) in [6, 6.07) is 22.8. The third-order valence-electron chi connectivity index (χ3n) is 4.45. The fourth-order valence-corrected chi connectivity index (χ4v) is 4.71. The lowest BCUT2D eigenvalue weighted by atomic mass is 10.0. The monoisotopic (exact) mass is 390 g/mol. The molecule has 0 radical (unpaired) electrons. The first-order valence-electron chi connectivity index (χ1n) is 7.68. The molecular weight excluding hydrogens is 380 g/mol. The van der Waals surface area contributed by atoms with Crippen LogP contribution in [0.25, 0.3) is 41.7 Å². The smallest absolute Gasteiger partial charge is 0.195 e. The zero-order valence-electron chi connectivity index (χ0n) is 12.5. The van der Waals surface area contributed by atoms with Crippen LogP contribution >= 0.6 is 27.3 Å². The van der Waals surface area contributed by atoms with Crippen LogP contribution in [0.15, 0.2) is 76.0 Å². The second-order valence-electron chi connectivity index (χ2n) is 5.97. The van der Waals surface area contributed by atoms with Gasteiger partial charge in [-0.3, -0.25) is 4.79 Å². The van der Waals surface area contributed by atoms with Gasteiger partial charge < -0.3 is 0 Å². The first-order valence-corrected chi connectivity index (χ1v) is 9.29. The van der Waals surface area contributed by atoms with E-state index >= 15 is 0 Å². The normalized spacial score (nSPS) is 11.7. The highest BCUT2D eigenvalue weighted by atomic mass is 79.9. The van der Waals surface area contributed by atoms with Crippen LogP contribution in [0, 0.1) is 0 Å². The van der Waals surface area contributed by atoms with E-state index in [-0.39, 0.29) is 5.43 Å². The van der Waals surface area contributed by atoms with E-state index in [1.54, 1.807) is 11.3 Å². The van der Waals surface area contributed by atoms with Gasteiger partial charge in [0.25, 0.3) is 0 Å². The van der Waals surface area contributed by atoms with Crippen LogP contribution < -0.4 is 5.43 Å². The lowest BCUT2D eigenvalue weighted by molar-refractivity contribution is 1.72. The number of hydrogen-bond acceptors (Lipinski definition) is 2. The van der Waals surface area contributed by atoms with Gasteiger partial charge in [0.05, 0.1) is 0 Å². The fourth-order valence-electron chi connectivity index (χ4n) is 3.27. The lowest BCUT2D eigenvalue weighted by Crippen LogP contribution is -2.00. The molecule has 0 amide bonds.